The fourth-order valence-electron chi connectivity index (χ4n) is 13.1. The SMILES string of the molecule is C.C.C.C.C.[2H]C([2H])([2H])c1c[n+](C)c(-c2ccccc2C)cc1C([2H])([2H])C.[2H]C([2H])([2H])c1c[n+](C)c(-c2ccccc2C)cc1C([2H])([2H])C(C)C.[2H]C([2H])([2H])c1c[n+](C)c(-c2ccccc2C)cc1C1([2H])CCCC1.[2H]C([2H])([2H])c1c[n+](C)c(-c2ccccc2C)cc1C1CCCC1.[2H]C([2H])([2H])c1c[n+](C)c(-c2ccccc2C)cc1CC(C)C. The molecule has 5 aromatic carbocycles. The predicted octanol–water partition coefficient (Wildman–Crippen LogP) is 23.4. The summed E-state index contributed by atoms with van der Waals surface area (Å²) in [6, 6.07) is 49.7. The number of rotatable bonds is 12. The Balaban J connectivity index is 0.000000384. The predicted molar refractivity (Wildman–Crippen MR) is 435 cm³/mol. The maximum Gasteiger partial charge on any atom is 0.212 e. The second-order valence-corrected chi connectivity index (χ2v) is 26.7. The molecule has 2 fully saturated rings. The van der Waals surface area contributed by atoms with E-state index in [9.17, 15) is 0 Å². The van der Waals surface area contributed by atoms with Crippen molar-refractivity contribution in [3.8, 4) is 56.3 Å². The normalized spacial score (nSPS) is 16.5. The van der Waals surface area contributed by atoms with Crippen LogP contribution in [0, 0.1) is 80.7 Å². The molecule has 0 spiro atoms. The van der Waals surface area contributed by atoms with Gasteiger partial charge < -0.3 is 0 Å². The second-order valence-electron chi connectivity index (χ2n) is 26.7. The van der Waals surface area contributed by atoms with Crippen LogP contribution in [0.2, 0.25) is 0 Å². The summed E-state index contributed by atoms with van der Waals surface area (Å²) in [5.74, 6) is -0.320. The van der Waals surface area contributed by atoms with Gasteiger partial charge in [0.2, 0.25) is 28.5 Å². The number of aryl methyl sites for hydroxylation is 16. The Morgan fingerprint density at radius 2 is 0.640 bits per heavy atom. The summed E-state index contributed by atoms with van der Waals surface area (Å²) in [6.45, 7) is 8.31. The Morgan fingerprint density at radius 3 is 0.970 bits per heavy atom. The molecule has 0 radical (unpaired) electrons. The smallest absolute Gasteiger partial charge is 0.201 e. The first-order valence-corrected chi connectivity index (χ1v) is 33.8. The first-order valence-electron chi connectivity index (χ1n) is 43.8. The van der Waals surface area contributed by atoms with Crippen molar-refractivity contribution in [2.24, 2.45) is 47.1 Å². The van der Waals surface area contributed by atoms with E-state index in [1.807, 2.05) is 152 Å². The van der Waals surface area contributed by atoms with E-state index in [1.54, 1.807) is 67.8 Å². The third-order valence-corrected chi connectivity index (χ3v) is 18.3. The minimum Gasteiger partial charge on any atom is -0.201 e. The quantitative estimate of drug-likeness (QED) is 0.109. The molecule has 2 aliphatic rings. The first kappa shape index (κ1) is 58.5. The largest absolute Gasteiger partial charge is 0.212 e. The molecule has 0 bridgehead atoms. The van der Waals surface area contributed by atoms with Gasteiger partial charge >= 0.3 is 0 Å². The lowest BCUT2D eigenvalue weighted by atomic mass is 9.92. The number of hydrogen-bond donors (Lipinski definition) is 0. The van der Waals surface area contributed by atoms with Gasteiger partial charge in [0.05, 0.1) is 0 Å². The maximum absolute atomic E-state index is 8.87. The first-order chi connectivity index (χ1) is 53.3. The second kappa shape index (κ2) is 40.3. The molecule has 0 amide bonds. The van der Waals surface area contributed by atoms with Crippen molar-refractivity contribution in [1.82, 2.24) is 0 Å². The van der Waals surface area contributed by atoms with E-state index in [0.717, 1.165) is 123 Å². The Kier molecular flexibility index (Phi) is 23.6. The summed E-state index contributed by atoms with van der Waals surface area (Å²) < 4.78 is 168. The zero-order valence-corrected chi connectivity index (χ0v) is 59.2. The molecule has 12 rings (SSSR count). The lowest BCUT2D eigenvalue weighted by molar-refractivity contribution is -0.661. The van der Waals surface area contributed by atoms with E-state index in [1.165, 1.54) is 42.7 Å². The molecule has 5 nitrogen and oxygen atoms in total. The van der Waals surface area contributed by atoms with Crippen molar-refractivity contribution in [1.29, 1.82) is 0 Å². The monoisotopic (exact) mass is 1370 g/mol. The molecular formula is C95H136N5+5. The van der Waals surface area contributed by atoms with Gasteiger partial charge in [-0.05, 0) is 223 Å². The molecule has 0 atom stereocenters. The molecule has 2 saturated carbocycles. The summed E-state index contributed by atoms with van der Waals surface area (Å²) in [6.07, 6.45) is 13.7. The third-order valence-electron chi connectivity index (χ3n) is 18.3. The van der Waals surface area contributed by atoms with Crippen LogP contribution in [-0.2, 0) is 54.4 Å². The van der Waals surface area contributed by atoms with Crippen LogP contribution in [0.5, 0.6) is 0 Å². The Hall–Kier alpha value is -8.15. The molecule has 0 unspecified atom stereocenters. The minimum atomic E-state index is -2.36. The Labute approximate surface area is 640 Å². The molecule has 100 heavy (non-hydrogen) atoms. The van der Waals surface area contributed by atoms with E-state index in [0.29, 0.717) is 34.1 Å². The molecule has 0 aliphatic heterocycles. The maximum atomic E-state index is 8.87. The van der Waals surface area contributed by atoms with Crippen molar-refractivity contribution < 1.29 is 50.3 Å². The van der Waals surface area contributed by atoms with Crippen molar-refractivity contribution in [2.45, 2.75) is 223 Å². The fourth-order valence-corrected chi connectivity index (χ4v) is 13.1. The van der Waals surface area contributed by atoms with Crippen LogP contribution in [0.3, 0.4) is 0 Å². The molecule has 0 N–H and O–H groups in total. The molecule has 0 saturated heterocycles. The van der Waals surface area contributed by atoms with E-state index in [2.05, 4.69) is 77.1 Å². The van der Waals surface area contributed by atoms with Gasteiger partial charge in [-0.25, -0.2) is 22.8 Å². The lowest BCUT2D eigenvalue weighted by Gasteiger charge is -2.14. The minimum absolute atomic E-state index is 0. The highest BCUT2D eigenvalue weighted by Crippen LogP contribution is 2.39. The lowest BCUT2D eigenvalue weighted by Crippen LogP contribution is -2.32. The van der Waals surface area contributed by atoms with Crippen LogP contribution >= 0.6 is 0 Å². The molecule has 5 heteroatoms. The molecule has 536 valence electrons. The third kappa shape index (κ3) is 22.2. The van der Waals surface area contributed by atoms with Crippen LogP contribution in [-0.4, -0.2) is 0 Å². The van der Waals surface area contributed by atoms with Gasteiger partial charge in [0.15, 0.2) is 31.0 Å². The summed E-state index contributed by atoms with van der Waals surface area (Å²) in [5.41, 5.74) is 20.2. The van der Waals surface area contributed by atoms with Crippen LogP contribution in [0.15, 0.2) is 183 Å². The number of hydrogen-bond acceptors (Lipinski definition) is 0. The highest BCUT2D eigenvalue weighted by molar-refractivity contribution is 5.65. The van der Waals surface area contributed by atoms with Crippen molar-refractivity contribution in [3.63, 3.8) is 0 Å². The van der Waals surface area contributed by atoms with E-state index in [4.69, 9.17) is 27.4 Å². The van der Waals surface area contributed by atoms with Crippen molar-refractivity contribution in [2.75, 3.05) is 0 Å². The van der Waals surface area contributed by atoms with Gasteiger partial charge in [-0.1, -0.05) is 188 Å². The molecule has 5 heterocycles. The number of pyridine rings is 5. The summed E-state index contributed by atoms with van der Waals surface area (Å²) in [7, 11) is 9.31. The van der Waals surface area contributed by atoms with Crippen molar-refractivity contribution in [3.05, 3.63) is 266 Å². The van der Waals surface area contributed by atoms with Gasteiger partial charge in [0.25, 0.3) is 0 Å². The molecular weight excluding hydrogens is 1210 g/mol. The zero-order chi connectivity index (χ0) is 85.6. The number of aromatic nitrogens is 5. The summed E-state index contributed by atoms with van der Waals surface area (Å²) in [5, 5.41) is 0. The van der Waals surface area contributed by atoms with E-state index < -0.39 is 52.9 Å². The fraction of sp³-hybridized carbons (Fsp3) is 0.421. The summed E-state index contributed by atoms with van der Waals surface area (Å²) >= 11 is 0. The van der Waals surface area contributed by atoms with Gasteiger partial charge in [0.1, 0.15) is 35.2 Å². The standard InChI is InChI=1S/2C19H24N.2C18H24N.C16H20N.5CH4/c2*1-14-8-4-7-11-17(14)19-12-18(15(2)13-20(19)3)16-9-5-6-10-16;2*1-13(2)10-16-11-18(19(5)12-15(16)4)17-9-7-6-8-14(17)3;1-5-14-10-16(17(4)11-13(14)3)15-9-7-6-8-12(15)2;;;;;/h2*4,7-8,11-13,16H,5-6,9-10H2,1-3H3;2*6-9,11-13H,10H2,1-5H3;6-11H,5H2,1-4H3;5*1H4/q5*+1;;;;;/i2D3,16D;2D3;4D3,10D2;4D3;3D3,5D2;;;;;. The zero-order valence-electron chi connectivity index (χ0n) is 79.2. The van der Waals surface area contributed by atoms with Gasteiger partial charge in [0, 0.05) is 113 Å². The molecule has 5 aromatic heterocycles. The van der Waals surface area contributed by atoms with E-state index in [-0.39, 0.29) is 65.3 Å². The average molecular weight is 1370 g/mol. The number of nitrogens with zero attached hydrogens (tertiary/aromatic N) is 5. The highest BCUT2D eigenvalue weighted by atomic mass is 14.9. The molecule has 10 aromatic rings. The van der Waals surface area contributed by atoms with Crippen LogP contribution in [0.1, 0.15) is 246 Å². The van der Waals surface area contributed by atoms with E-state index >= 15 is 0 Å². The Bertz CT molecular complexity index is 4930. The van der Waals surface area contributed by atoms with Crippen LogP contribution in [0.4, 0.5) is 0 Å². The van der Waals surface area contributed by atoms with Gasteiger partial charge in [-0.2, -0.15) is 0 Å². The molecule has 2 aliphatic carbocycles. The summed E-state index contributed by atoms with van der Waals surface area (Å²) in [4.78, 5) is 0. The van der Waals surface area contributed by atoms with Crippen molar-refractivity contribution >= 4 is 0 Å². The van der Waals surface area contributed by atoms with Gasteiger partial charge in [-0.15, -0.1) is 0 Å². The highest BCUT2D eigenvalue weighted by Gasteiger charge is 2.26. The average Bonchev–Trinajstić information content (AvgIpc) is 0.817. The number of benzene rings is 5. The van der Waals surface area contributed by atoms with Crippen LogP contribution in [0.25, 0.3) is 56.3 Å². The Morgan fingerprint density at radius 1 is 0.360 bits per heavy atom. The van der Waals surface area contributed by atoms with Gasteiger partial charge in [-0.3, -0.25) is 0 Å². The van der Waals surface area contributed by atoms with Crippen LogP contribution < -0.4 is 22.8 Å². The topological polar surface area (TPSA) is 19.4 Å².